The lowest BCUT2D eigenvalue weighted by atomic mass is 10.1. The van der Waals surface area contributed by atoms with Crippen LogP contribution < -0.4 is 11.1 Å². The molecule has 0 radical (unpaired) electrons. The molecule has 0 amide bonds. The van der Waals surface area contributed by atoms with Gasteiger partial charge in [0.05, 0.1) is 0 Å². The normalized spacial score (nSPS) is 10.3. The van der Waals surface area contributed by atoms with E-state index < -0.39 is 0 Å². The SMILES string of the molecule is CSc1cccc(NCc2ccc(Br)cc2)c1C(N)=S. The Morgan fingerprint density at radius 1 is 1.25 bits per heavy atom. The molecule has 0 aliphatic heterocycles. The number of rotatable bonds is 5. The van der Waals surface area contributed by atoms with Gasteiger partial charge in [0, 0.05) is 27.2 Å². The van der Waals surface area contributed by atoms with Gasteiger partial charge in [-0.1, -0.05) is 46.3 Å². The fraction of sp³-hybridized carbons (Fsp3) is 0.133. The molecule has 0 bridgehead atoms. The third-order valence-electron chi connectivity index (χ3n) is 2.89. The van der Waals surface area contributed by atoms with Gasteiger partial charge in [0.2, 0.25) is 0 Å². The average molecular weight is 367 g/mol. The summed E-state index contributed by atoms with van der Waals surface area (Å²) in [6.07, 6.45) is 2.02. The number of hydrogen-bond acceptors (Lipinski definition) is 3. The number of hydrogen-bond donors (Lipinski definition) is 2. The van der Waals surface area contributed by atoms with Crippen molar-refractivity contribution in [3.05, 3.63) is 58.1 Å². The molecule has 0 aromatic heterocycles. The zero-order chi connectivity index (χ0) is 14.5. The van der Waals surface area contributed by atoms with Gasteiger partial charge in [0.1, 0.15) is 4.99 Å². The Kier molecular flexibility index (Phi) is 5.46. The van der Waals surface area contributed by atoms with E-state index >= 15 is 0 Å². The fourth-order valence-corrected chi connectivity index (χ4v) is 3.09. The zero-order valence-electron chi connectivity index (χ0n) is 11.0. The maximum Gasteiger partial charge on any atom is 0.107 e. The summed E-state index contributed by atoms with van der Waals surface area (Å²) in [7, 11) is 0. The summed E-state index contributed by atoms with van der Waals surface area (Å²) in [4.78, 5) is 1.52. The van der Waals surface area contributed by atoms with Gasteiger partial charge in [-0.25, -0.2) is 0 Å². The first-order valence-corrected chi connectivity index (χ1v) is 8.49. The molecule has 2 aromatic rings. The van der Waals surface area contributed by atoms with E-state index in [-0.39, 0.29) is 0 Å². The van der Waals surface area contributed by atoms with Crippen molar-refractivity contribution in [3.63, 3.8) is 0 Å². The van der Waals surface area contributed by atoms with Crippen molar-refractivity contribution in [2.24, 2.45) is 5.73 Å². The lowest BCUT2D eigenvalue weighted by Gasteiger charge is -2.14. The molecule has 0 aliphatic rings. The largest absolute Gasteiger partial charge is 0.389 e. The fourth-order valence-electron chi connectivity index (χ4n) is 1.90. The number of halogens is 1. The van der Waals surface area contributed by atoms with E-state index in [1.165, 1.54) is 5.56 Å². The van der Waals surface area contributed by atoms with Gasteiger partial charge in [-0.2, -0.15) is 0 Å². The highest BCUT2D eigenvalue weighted by Gasteiger charge is 2.10. The first-order chi connectivity index (χ1) is 9.61. The molecule has 104 valence electrons. The molecule has 0 aliphatic carbocycles. The van der Waals surface area contributed by atoms with E-state index in [9.17, 15) is 0 Å². The monoisotopic (exact) mass is 366 g/mol. The molecule has 0 fully saturated rings. The van der Waals surface area contributed by atoms with Crippen LogP contribution in [0.3, 0.4) is 0 Å². The number of nitrogens with two attached hydrogens (primary N) is 1. The van der Waals surface area contributed by atoms with Crippen LogP contribution in [0.25, 0.3) is 0 Å². The van der Waals surface area contributed by atoms with Crippen LogP contribution in [0.2, 0.25) is 0 Å². The Morgan fingerprint density at radius 3 is 2.55 bits per heavy atom. The van der Waals surface area contributed by atoms with E-state index in [1.807, 2.05) is 36.6 Å². The Balaban J connectivity index is 2.21. The van der Waals surface area contributed by atoms with Crippen LogP contribution in [0.4, 0.5) is 5.69 Å². The van der Waals surface area contributed by atoms with Crippen LogP contribution in [-0.4, -0.2) is 11.2 Å². The molecule has 2 aromatic carbocycles. The van der Waals surface area contributed by atoms with Crippen molar-refractivity contribution in [1.82, 2.24) is 0 Å². The van der Waals surface area contributed by atoms with Gasteiger partial charge in [-0.3, -0.25) is 0 Å². The smallest absolute Gasteiger partial charge is 0.107 e. The third kappa shape index (κ3) is 3.75. The van der Waals surface area contributed by atoms with Crippen LogP contribution >= 0.6 is 39.9 Å². The van der Waals surface area contributed by atoms with Gasteiger partial charge >= 0.3 is 0 Å². The van der Waals surface area contributed by atoms with E-state index in [1.54, 1.807) is 11.8 Å². The molecule has 5 heteroatoms. The first kappa shape index (κ1) is 15.4. The van der Waals surface area contributed by atoms with Crippen LogP contribution in [0.1, 0.15) is 11.1 Å². The molecule has 3 N–H and O–H groups in total. The summed E-state index contributed by atoms with van der Waals surface area (Å²) < 4.78 is 1.08. The standard InChI is InChI=1S/C15H15BrN2S2/c1-20-13-4-2-3-12(14(13)15(17)19)18-9-10-5-7-11(16)8-6-10/h2-8,18H,9H2,1H3,(H2,17,19). The molecule has 2 nitrogen and oxygen atoms in total. The summed E-state index contributed by atoms with van der Waals surface area (Å²) in [5.74, 6) is 0. The lowest BCUT2D eigenvalue weighted by molar-refractivity contribution is 1.14. The van der Waals surface area contributed by atoms with Gasteiger partial charge in [0.25, 0.3) is 0 Å². The van der Waals surface area contributed by atoms with Crippen LogP contribution in [0, 0.1) is 0 Å². The Hall–Kier alpha value is -1.04. The zero-order valence-corrected chi connectivity index (χ0v) is 14.2. The summed E-state index contributed by atoms with van der Waals surface area (Å²) in [6, 6.07) is 14.3. The molecule has 0 saturated heterocycles. The first-order valence-electron chi connectivity index (χ1n) is 6.07. The van der Waals surface area contributed by atoms with Gasteiger partial charge in [0.15, 0.2) is 0 Å². The quantitative estimate of drug-likeness (QED) is 0.606. The molecule has 20 heavy (non-hydrogen) atoms. The number of benzene rings is 2. The van der Waals surface area contributed by atoms with Crippen molar-refractivity contribution in [1.29, 1.82) is 0 Å². The minimum absolute atomic E-state index is 0.424. The maximum absolute atomic E-state index is 5.85. The highest BCUT2D eigenvalue weighted by atomic mass is 79.9. The second-order valence-corrected chi connectivity index (χ2v) is 6.43. The predicted molar refractivity (Wildman–Crippen MR) is 95.6 cm³/mol. The summed E-state index contributed by atoms with van der Waals surface area (Å²) in [5.41, 5.74) is 8.96. The molecular formula is C15H15BrN2S2. The summed E-state index contributed by atoms with van der Waals surface area (Å²) >= 11 is 10.3. The Bertz CT molecular complexity index is 612. The number of anilines is 1. The lowest BCUT2D eigenvalue weighted by Crippen LogP contribution is -2.14. The minimum Gasteiger partial charge on any atom is -0.389 e. The summed E-state index contributed by atoms with van der Waals surface area (Å²) in [5, 5.41) is 3.41. The van der Waals surface area contributed by atoms with Crippen molar-refractivity contribution in [2.45, 2.75) is 11.4 Å². The number of thioether (sulfide) groups is 1. The van der Waals surface area contributed by atoms with Crippen molar-refractivity contribution in [3.8, 4) is 0 Å². The number of nitrogens with one attached hydrogen (secondary N) is 1. The minimum atomic E-state index is 0.424. The second-order valence-electron chi connectivity index (χ2n) is 4.23. The Labute approximate surface area is 137 Å². The van der Waals surface area contributed by atoms with E-state index in [4.69, 9.17) is 18.0 Å². The molecule has 0 saturated carbocycles. The predicted octanol–water partition coefficient (Wildman–Crippen LogP) is 4.42. The molecule has 0 atom stereocenters. The maximum atomic E-state index is 5.85. The van der Waals surface area contributed by atoms with Crippen LogP contribution in [0.15, 0.2) is 51.8 Å². The van der Waals surface area contributed by atoms with Crippen LogP contribution in [-0.2, 0) is 6.54 Å². The highest BCUT2D eigenvalue weighted by Crippen LogP contribution is 2.27. The third-order valence-corrected chi connectivity index (χ3v) is 4.40. The second kappa shape index (κ2) is 7.11. The van der Waals surface area contributed by atoms with Crippen molar-refractivity contribution in [2.75, 3.05) is 11.6 Å². The molecule has 2 rings (SSSR count). The molecular weight excluding hydrogens is 352 g/mol. The highest BCUT2D eigenvalue weighted by molar-refractivity contribution is 9.10. The molecule has 0 heterocycles. The topological polar surface area (TPSA) is 38.0 Å². The van der Waals surface area contributed by atoms with Crippen molar-refractivity contribution >= 4 is 50.6 Å². The average Bonchev–Trinajstić information content (AvgIpc) is 2.46. The Morgan fingerprint density at radius 2 is 1.95 bits per heavy atom. The molecule has 0 unspecified atom stereocenters. The van der Waals surface area contributed by atoms with E-state index in [0.717, 1.165) is 27.2 Å². The van der Waals surface area contributed by atoms with Gasteiger partial charge in [-0.05, 0) is 36.1 Å². The van der Waals surface area contributed by atoms with E-state index in [0.29, 0.717) is 4.99 Å². The molecule has 0 spiro atoms. The van der Waals surface area contributed by atoms with Crippen LogP contribution in [0.5, 0.6) is 0 Å². The van der Waals surface area contributed by atoms with Crippen molar-refractivity contribution < 1.29 is 0 Å². The van der Waals surface area contributed by atoms with E-state index in [2.05, 4.69) is 33.4 Å². The summed E-state index contributed by atoms with van der Waals surface area (Å²) in [6.45, 7) is 0.737. The van der Waals surface area contributed by atoms with Gasteiger partial charge < -0.3 is 11.1 Å². The van der Waals surface area contributed by atoms with Gasteiger partial charge in [-0.15, -0.1) is 11.8 Å². The number of thiocarbonyl (C=S) groups is 1.